The summed E-state index contributed by atoms with van der Waals surface area (Å²) in [6, 6.07) is 57.7. The van der Waals surface area contributed by atoms with Gasteiger partial charge in [-0.3, -0.25) is 0 Å². The molecule has 0 saturated heterocycles. The Morgan fingerprint density at radius 3 is 1.47 bits per heavy atom. The molecule has 0 spiro atoms. The van der Waals surface area contributed by atoms with Gasteiger partial charge in [-0.1, -0.05) is 140 Å². The van der Waals surface area contributed by atoms with Crippen LogP contribution in [0.2, 0.25) is 0 Å². The second kappa shape index (κ2) is 11.7. The Hall–Kier alpha value is -5.89. The molecule has 0 aliphatic rings. The molecule has 0 unspecified atom stereocenters. The lowest BCUT2D eigenvalue weighted by Gasteiger charge is -2.20. The van der Waals surface area contributed by atoms with Gasteiger partial charge in [0.2, 0.25) is 0 Å². The summed E-state index contributed by atoms with van der Waals surface area (Å²) in [6.07, 6.45) is 0. The summed E-state index contributed by atoms with van der Waals surface area (Å²) in [6.45, 7) is 0. The Bertz CT molecular complexity index is 2680. The summed E-state index contributed by atoms with van der Waals surface area (Å²) in [5.74, 6) is -0.274. The average molecular weight is 650 g/mol. The Morgan fingerprint density at radius 2 is 0.878 bits per heavy atom. The van der Waals surface area contributed by atoms with Gasteiger partial charge in [-0.25, -0.2) is 9.37 Å². The third kappa shape index (κ3) is 4.78. The zero-order chi connectivity index (χ0) is 33.0. The standard InChI is InChI=1S/C45H29FNOP/c46-33-24-19-31(20-25-33)45-44-40-18-10-8-16-38(40)37-15-7-9-17-39(37)43(44)41-29-32(23-28-42(41)47-45)30-21-26-36(27-22-30)49(48,34-11-3-1-4-12-34)35-13-5-2-6-14-35/h1-29H. The van der Waals surface area contributed by atoms with Gasteiger partial charge in [0.05, 0.1) is 11.2 Å². The van der Waals surface area contributed by atoms with Crippen molar-refractivity contribution in [1.82, 2.24) is 4.98 Å². The van der Waals surface area contributed by atoms with E-state index in [9.17, 15) is 8.96 Å². The van der Waals surface area contributed by atoms with Crippen molar-refractivity contribution in [3.63, 3.8) is 0 Å². The van der Waals surface area contributed by atoms with Crippen LogP contribution >= 0.6 is 7.14 Å². The molecule has 2 nitrogen and oxygen atoms in total. The molecule has 4 heteroatoms. The Balaban J connectivity index is 1.28. The van der Waals surface area contributed by atoms with Crippen LogP contribution in [0.5, 0.6) is 0 Å². The zero-order valence-electron chi connectivity index (χ0n) is 26.4. The minimum absolute atomic E-state index is 0.274. The molecule has 49 heavy (non-hydrogen) atoms. The van der Waals surface area contributed by atoms with Gasteiger partial charge in [0.15, 0.2) is 7.14 Å². The molecular weight excluding hydrogens is 620 g/mol. The SMILES string of the molecule is O=P(c1ccccc1)(c1ccccc1)c1ccc(-c2ccc3nc(-c4ccc(F)cc4)c4c5ccccc5c5ccccc5c4c3c2)cc1. The van der Waals surface area contributed by atoms with Gasteiger partial charge >= 0.3 is 0 Å². The second-order valence-electron chi connectivity index (χ2n) is 12.4. The summed E-state index contributed by atoms with van der Waals surface area (Å²) in [7, 11) is -3.08. The van der Waals surface area contributed by atoms with Crippen LogP contribution in [0.4, 0.5) is 4.39 Å². The van der Waals surface area contributed by atoms with Crippen LogP contribution in [0.3, 0.4) is 0 Å². The molecular formula is C45H29FNOP. The fourth-order valence-corrected chi connectivity index (χ4v) is 9.91. The molecule has 0 atom stereocenters. The van der Waals surface area contributed by atoms with Crippen LogP contribution in [0.1, 0.15) is 0 Å². The highest BCUT2D eigenvalue weighted by atomic mass is 31.2. The summed E-state index contributed by atoms with van der Waals surface area (Å²) >= 11 is 0. The molecule has 1 heterocycles. The predicted molar refractivity (Wildman–Crippen MR) is 204 cm³/mol. The van der Waals surface area contributed by atoms with Gasteiger partial charge in [-0.15, -0.1) is 0 Å². The third-order valence-corrected chi connectivity index (χ3v) is 12.7. The quantitative estimate of drug-likeness (QED) is 0.137. The monoisotopic (exact) mass is 649 g/mol. The number of fused-ring (bicyclic) bond motifs is 8. The lowest BCUT2D eigenvalue weighted by molar-refractivity contribution is 0.592. The van der Waals surface area contributed by atoms with E-state index in [1.165, 1.54) is 17.5 Å². The summed E-state index contributed by atoms with van der Waals surface area (Å²) in [5, 5.41) is 10.2. The lowest BCUT2D eigenvalue weighted by atomic mass is 9.89. The van der Waals surface area contributed by atoms with E-state index in [1.807, 2.05) is 84.9 Å². The summed E-state index contributed by atoms with van der Waals surface area (Å²) in [4.78, 5) is 5.25. The Kier molecular flexibility index (Phi) is 6.97. The van der Waals surface area contributed by atoms with Crippen LogP contribution in [-0.2, 0) is 4.57 Å². The summed E-state index contributed by atoms with van der Waals surface area (Å²) < 4.78 is 29.0. The molecule has 1 aromatic heterocycles. The van der Waals surface area contributed by atoms with Gasteiger partial charge < -0.3 is 4.57 Å². The van der Waals surface area contributed by atoms with Crippen LogP contribution < -0.4 is 15.9 Å². The Labute approximate surface area is 283 Å². The van der Waals surface area contributed by atoms with Gasteiger partial charge in [-0.2, -0.15) is 0 Å². The molecule has 0 aliphatic carbocycles. The second-order valence-corrected chi connectivity index (χ2v) is 15.1. The number of hydrogen-bond acceptors (Lipinski definition) is 2. The van der Waals surface area contributed by atoms with Crippen molar-refractivity contribution in [2.24, 2.45) is 0 Å². The number of halogens is 1. The largest absolute Gasteiger partial charge is 0.309 e. The number of pyridine rings is 1. The highest BCUT2D eigenvalue weighted by Crippen LogP contribution is 2.45. The minimum atomic E-state index is -3.08. The number of rotatable bonds is 5. The van der Waals surface area contributed by atoms with E-state index in [-0.39, 0.29) is 5.82 Å². The van der Waals surface area contributed by atoms with Crippen molar-refractivity contribution in [1.29, 1.82) is 0 Å². The van der Waals surface area contributed by atoms with E-state index in [2.05, 4.69) is 78.9 Å². The van der Waals surface area contributed by atoms with Gasteiger partial charge in [0.25, 0.3) is 0 Å². The van der Waals surface area contributed by atoms with E-state index in [1.54, 1.807) is 0 Å². The van der Waals surface area contributed by atoms with Gasteiger partial charge in [-0.05, 0) is 69.1 Å². The normalized spacial score (nSPS) is 11.9. The first-order chi connectivity index (χ1) is 24.1. The van der Waals surface area contributed by atoms with Crippen molar-refractivity contribution in [3.8, 4) is 22.4 Å². The maximum atomic E-state index is 15.0. The van der Waals surface area contributed by atoms with Crippen molar-refractivity contribution < 1.29 is 8.96 Å². The van der Waals surface area contributed by atoms with Gasteiger partial charge in [0.1, 0.15) is 5.82 Å². The smallest absolute Gasteiger partial charge is 0.171 e. The van der Waals surface area contributed by atoms with Crippen molar-refractivity contribution in [2.45, 2.75) is 0 Å². The number of benzene rings is 8. The van der Waals surface area contributed by atoms with Crippen molar-refractivity contribution >= 4 is 66.3 Å². The predicted octanol–water partition coefficient (Wildman–Crippen LogP) is 10.8. The van der Waals surface area contributed by atoms with Crippen LogP contribution in [0.25, 0.3) is 65.6 Å². The molecule has 0 amide bonds. The van der Waals surface area contributed by atoms with Crippen molar-refractivity contribution in [2.75, 3.05) is 0 Å². The molecule has 0 fully saturated rings. The number of nitrogens with zero attached hydrogens (tertiary/aromatic N) is 1. The fraction of sp³-hybridized carbons (Fsp3) is 0. The minimum Gasteiger partial charge on any atom is -0.309 e. The zero-order valence-corrected chi connectivity index (χ0v) is 27.3. The third-order valence-electron chi connectivity index (χ3n) is 9.59. The maximum Gasteiger partial charge on any atom is 0.171 e. The average Bonchev–Trinajstić information content (AvgIpc) is 3.18. The number of aromatic nitrogens is 1. The summed E-state index contributed by atoms with van der Waals surface area (Å²) in [5.41, 5.74) is 4.64. The molecule has 9 rings (SSSR count). The highest BCUT2D eigenvalue weighted by molar-refractivity contribution is 7.85. The van der Waals surface area contributed by atoms with E-state index in [4.69, 9.17) is 4.98 Å². The Morgan fingerprint density at radius 1 is 0.408 bits per heavy atom. The first kappa shape index (κ1) is 29.3. The molecule has 0 radical (unpaired) electrons. The molecule has 9 aromatic rings. The van der Waals surface area contributed by atoms with E-state index < -0.39 is 7.14 Å². The van der Waals surface area contributed by atoms with Crippen LogP contribution in [0.15, 0.2) is 176 Å². The first-order valence-corrected chi connectivity index (χ1v) is 18.1. The maximum absolute atomic E-state index is 15.0. The molecule has 0 bridgehead atoms. The first-order valence-electron chi connectivity index (χ1n) is 16.3. The van der Waals surface area contributed by atoms with Crippen LogP contribution in [-0.4, -0.2) is 4.98 Å². The van der Waals surface area contributed by atoms with Gasteiger partial charge in [0, 0.05) is 37.6 Å². The molecule has 232 valence electrons. The van der Waals surface area contributed by atoms with Crippen molar-refractivity contribution in [3.05, 3.63) is 182 Å². The van der Waals surface area contributed by atoms with Crippen LogP contribution in [0, 0.1) is 5.82 Å². The molecule has 0 saturated carbocycles. The van der Waals surface area contributed by atoms with E-state index >= 15 is 0 Å². The molecule has 8 aromatic carbocycles. The fourth-order valence-electron chi connectivity index (χ4n) is 7.26. The molecule has 0 N–H and O–H groups in total. The lowest BCUT2D eigenvalue weighted by Crippen LogP contribution is -2.24. The molecule has 0 aliphatic heterocycles. The highest BCUT2D eigenvalue weighted by Gasteiger charge is 2.29. The number of hydrogen-bond donors (Lipinski definition) is 0. The topological polar surface area (TPSA) is 30.0 Å². The van der Waals surface area contributed by atoms with E-state index in [0.29, 0.717) is 0 Å². The van der Waals surface area contributed by atoms with E-state index in [0.717, 1.165) is 76.1 Å².